The Morgan fingerprint density at radius 3 is 2.25 bits per heavy atom. The summed E-state index contributed by atoms with van der Waals surface area (Å²) in [4.78, 5) is 23.8. The van der Waals surface area contributed by atoms with Gasteiger partial charge in [0.05, 0.1) is 0 Å². The smallest absolute Gasteiger partial charge is 0.408 e. The molecule has 8 heteroatoms. The van der Waals surface area contributed by atoms with E-state index < -0.39 is 38.2 Å². The fraction of sp³-hybridized carbons (Fsp3) is 0.500. The molecule has 0 bridgehead atoms. The molecule has 0 aliphatic heterocycles. The minimum absolute atomic E-state index is 0.495. The van der Waals surface area contributed by atoms with Crippen LogP contribution in [0.5, 0.6) is 0 Å². The molecule has 1 saturated carbocycles. The fourth-order valence-electron chi connectivity index (χ4n) is 2.90. The Morgan fingerprint density at radius 2 is 1.83 bits per heavy atom. The molecule has 1 aliphatic carbocycles. The minimum atomic E-state index is -3.56. The number of halogens is 1. The predicted octanol–water partition coefficient (Wildman–Crippen LogP) is 2.42. The number of ether oxygens (including phenoxy) is 1. The maximum absolute atomic E-state index is 12.1. The molecule has 0 radical (unpaired) electrons. The van der Waals surface area contributed by atoms with E-state index in [9.17, 15) is 18.0 Å². The Labute approximate surface area is 150 Å². The average molecular weight is 418 g/mol. The van der Waals surface area contributed by atoms with Crippen LogP contribution in [0.2, 0.25) is 0 Å². The number of rotatable bonds is 4. The molecular weight excluding hydrogens is 398 g/mol. The van der Waals surface area contributed by atoms with Crippen molar-refractivity contribution < 1.29 is 22.7 Å². The number of hydrogen-bond acceptors (Lipinski definition) is 5. The van der Waals surface area contributed by atoms with E-state index in [0.717, 1.165) is 10.7 Å². The Hall–Kier alpha value is -1.41. The number of carbonyl (C=O) groups is 2. The number of aldehydes is 1. The van der Waals surface area contributed by atoms with Gasteiger partial charge in [-0.25, -0.2) is 13.2 Å². The van der Waals surface area contributed by atoms with Gasteiger partial charge in [0.25, 0.3) is 0 Å². The summed E-state index contributed by atoms with van der Waals surface area (Å²) in [5.74, 6) is -0.648. The number of sulfone groups is 1. The summed E-state index contributed by atoms with van der Waals surface area (Å²) < 4.78 is 30.3. The van der Waals surface area contributed by atoms with Gasteiger partial charge in [0.15, 0.2) is 9.84 Å². The van der Waals surface area contributed by atoms with E-state index in [-0.39, 0.29) is 0 Å². The molecule has 1 aromatic rings. The van der Waals surface area contributed by atoms with Crippen LogP contribution in [0.25, 0.3) is 0 Å². The molecule has 1 fully saturated rings. The van der Waals surface area contributed by atoms with Gasteiger partial charge in [0.1, 0.15) is 22.7 Å². The van der Waals surface area contributed by atoms with Crippen molar-refractivity contribution in [2.75, 3.05) is 6.26 Å². The SMILES string of the molecule is CC(C)(C)OC(=O)NC1(C=O)C(c2ccc(Br)cc2)C1S(C)(=O)=O. The van der Waals surface area contributed by atoms with Crippen molar-refractivity contribution >= 4 is 38.1 Å². The normalized spacial score (nSPS) is 26.5. The monoisotopic (exact) mass is 417 g/mol. The first-order valence-corrected chi connectivity index (χ1v) is 10.1. The highest BCUT2D eigenvalue weighted by Crippen LogP contribution is 2.54. The van der Waals surface area contributed by atoms with Crippen molar-refractivity contribution in [1.29, 1.82) is 0 Å². The van der Waals surface area contributed by atoms with Gasteiger partial charge in [-0.2, -0.15) is 0 Å². The first kappa shape index (κ1) is 18.9. The highest BCUT2D eigenvalue weighted by atomic mass is 79.9. The Balaban J connectivity index is 2.36. The molecular formula is C16H20BrNO5S. The lowest BCUT2D eigenvalue weighted by Crippen LogP contribution is -2.45. The van der Waals surface area contributed by atoms with E-state index in [1.54, 1.807) is 45.0 Å². The third-order valence-corrected chi connectivity index (χ3v) is 5.90. The van der Waals surface area contributed by atoms with Crippen LogP contribution in [-0.4, -0.2) is 43.4 Å². The quantitative estimate of drug-likeness (QED) is 0.759. The summed E-state index contributed by atoms with van der Waals surface area (Å²) in [6.07, 6.45) is 0.740. The highest BCUT2D eigenvalue weighted by Gasteiger charge is 2.71. The molecule has 6 nitrogen and oxygen atoms in total. The van der Waals surface area contributed by atoms with Crippen LogP contribution in [0.15, 0.2) is 28.7 Å². The van der Waals surface area contributed by atoms with Crippen LogP contribution >= 0.6 is 15.9 Å². The second-order valence-electron chi connectivity index (χ2n) is 6.96. The molecule has 0 aromatic heterocycles. The van der Waals surface area contributed by atoms with E-state index in [4.69, 9.17) is 4.74 Å². The van der Waals surface area contributed by atoms with E-state index in [2.05, 4.69) is 21.2 Å². The van der Waals surface area contributed by atoms with Gasteiger partial charge in [0.2, 0.25) is 0 Å². The van der Waals surface area contributed by atoms with Crippen LogP contribution in [-0.2, 0) is 19.4 Å². The number of amides is 1. The molecule has 1 aliphatic rings. The van der Waals surface area contributed by atoms with Crippen molar-refractivity contribution in [3.8, 4) is 0 Å². The Morgan fingerprint density at radius 1 is 1.29 bits per heavy atom. The van der Waals surface area contributed by atoms with Crippen LogP contribution in [0.1, 0.15) is 32.3 Å². The Kier molecular flexibility index (Phi) is 4.85. The van der Waals surface area contributed by atoms with Gasteiger partial charge in [-0.1, -0.05) is 28.1 Å². The van der Waals surface area contributed by atoms with Crippen molar-refractivity contribution in [2.24, 2.45) is 0 Å². The standard InChI is InChI=1S/C16H20BrNO5S/c1-15(2,3)23-14(20)18-16(9-19)12(13(16)24(4,21)22)10-5-7-11(17)8-6-10/h5-9,12-13H,1-4H3,(H,18,20). The van der Waals surface area contributed by atoms with Crippen LogP contribution in [0.4, 0.5) is 4.79 Å². The fourth-order valence-corrected chi connectivity index (χ4v) is 4.93. The summed E-state index contributed by atoms with van der Waals surface area (Å²) in [6.45, 7) is 5.06. The molecule has 1 aromatic carbocycles. The lowest BCUT2D eigenvalue weighted by atomic mass is 10.1. The summed E-state index contributed by atoms with van der Waals surface area (Å²) in [5.41, 5.74) is -1.60. The summed E-state index contributed by atoms with van der Waals surface area (Å²) in [5, 5.41) is 1.46. The first-order chi connectivity index (χ1) is 10.9. The van der Waals surface area contributed by atoms with Gasteiger partial charge in [-0.3, -0.25) is 0 Å². The van der Waals surface area contributed by atoms with Crippen molar-refractivity contribution in [3.63, 3.8) is 0 Å². The minimum Gasteiger partial charge on any atom is -0.444 e. The van der Waals surface area contributed by atoms with Gasteiger partial charge in [-0.15, -0.1) is 0 Å². The zero-order valence-electron chi connectivity index (χ0n) is 13.9. The van der Waals surface area contributed by atoms with E-state index in [0.29, 0.717) is 11.8 Å². The summed E-state index contributed by atoms with van der Waals surface area (Å²) in [7, 11) is -3.56. The zero-order valence-corrected chi connectivity index (χ0v) is 16.3. The van der Waals surface area contributed by atoms with Gasteiger partial charge < -0.3 is 14.8 Å². The first-order valence-electron chi connectivity index (χ1n) is 7.32. The molecule has 0 spiro atoms. The molecule has 0 saturated heterocycles. The third-order valence-electron chi connectivity index (χ3n) is 3.78. The lowest BCUT2D eigenvalue weighted by molar-refractivity contribution is -0.110. The Bertz CT molecular complexity index is 754. The number of benzene rings is 1. The maximum Gasteiger partial charge on any atom is 0.408 e. The van der Waals surface area contributed by atoms with E-state index in [1.807, 2.05) is 0 Å². The number of nitrogens with one attached hydrogen (secondary N) is 1. The van der Waals surface area contributed by atoms with Crippen LogP contribution < -0.4 is 5.32 Å². The predicted molar refractivity (Wildman–Crippen MR) is 93.7 cm³/mol. The van der Waals surface area contributed by atoms with Gasteiger partial charge in [-0.05, 0) is 38.5 Å². The lowest BCUT2D eigenvalue weighted by Gasteiger charge is -2.22. The molecule has 1 N–H and O–H groups in total. The third kappa shape index (κ3) is 3.80. The largest absolute Gasteiger partial charge is 0.444 e. The number of hydrogen-bond donors (Lipinski definition) is 1. The molecule has 24 heavy (non-hydrogen) atoms. The maximum atomic E-state index is 12.1. The van der Waals surface area contributed by atoms with Gasteiger partial charge in [0, 0.05) is 16.6 Å². The van der Waals surface area contributed by atoms with E-state index in [1.165, 1.54) is 0 Å². The summed E-state index contributed by atoms with van der Waals surface area (Å²) in [6, 6.07) is 6.98. The molecule has 1 amide bonds. The van der Waals surface area contributed by atoms with Crippen molar-refractivity contribution in [1.82, 2.24) is 5.32 Å². The topological polar surface area (TPSA) is 89.5 Å². The van der Waals surface area contributed by atoms with Gasteiger partial charge >= 0.3 is 6.09 Å². The number of carbonyl (C=O) groups excluding carboxylic acids is 2. The second kappa shape index (κ2) is 6.15. The van der Waals surface area contributed by atoms with Crippen LogP contribution in [0.3, 0.4) is 0 Å². The highest BCUT2D eigenvalue weighted by molar-refractivity contribution is 9.10. The molecule has 2 rings (SSSR count). The molecule has 3 atom stereocenters. The zero-order chi connectivity index (χ0) is 18.3. The molecule has 3 unspecified atom stereocenters. The molecule has 0 heterocycles. The molecule has 132 valence electrons. The number of alkyl carbamates (subject to hydrolysis) is 1. The van der Waals surface area contributed by atoms with Crippen molar-refractivity contribution in [2.45, 2.75) is 43.1 Å². The van der Waals surface area contributed by atoms with E-state index >= 15 is 0 Å². The van der Waals surface area contributed by atoms with Crippen molar-refractivity contribution in [3.05, 3.63) is 34.3 Å². The van der Waals surface area contributed by atoms with Crippen LogP contribution in [0, 0.1) is 0 Å². The average Bonchev–Trinajstić information content (AvgIpc) is 3.06. The summed E-state index contributed by atoms with van der Waals surface area (Å²) >= 11 is 3.31. The second-order valence-corrected chi connectivity index (χ2v) is 10.0.